The van der Waals surface area contributed by atoms with E-state index in [9.17, 15) is 13.2 Å². The Hall–Kier alpha value is -2.06. The van der Waals surface area contributed by atoms with E-state index in [4.69, 9.17) is 0 Å². The Morgan fingerprint density at radius 1 is 1.13 bits per heavy atom. The monoisotopic (exact) mass is 326 g/mol. The molecule has 2 fully saturated rings. The number of anilines is 1. The Morgan fingerprint density at radius 3 is 2.48 bits per heavy atom. The van der Waals surface area contributed by atoms with Crippen LogP contribution in [0, 0.1) is 0 Å². The first-order chi connectivity index (χ1) is 11.0. The van der Waals surface area contributed by atoms with Crippen molar-refractivity contribution in [3.63, 3.8) is 0 Å². The van der Waals surface area contributed by atoms with E-state index in [0.29, 0.717) is 25.0 Å². The van der Waals surface area contributed by atoms with Crippen molar-refractivity contribution in [3.05, 3.63) is 23.8 Å². The van der Waals surface area contributed by atoms with Gasteiger partial charge in [-0.25, -0.2) is 0 Å². The molecule has 1 aliphatic heterocycles. The molecule has 9 heteroatoms. The molecule has 23 heavy (non-hydrogen) atoms. The molecular weight excluding hydrogens is 309 g/mol. The van der Waals surface area contributed by atoms with E-state index in [1.807, 2.05) is 11.3 Å². The largest absolute Gasteiger partial charge is 0.451 e. The second-order valence-electron chi connectivity index (χ2n) is 6.17. The average Bonchev–Trinajstić information content (AvgIpc) is 3.04. The van der Waals surface area contributed by atoms with Crippen molar-refractivity contribution in [2.75, 3.05) is 18.0 Å². The van der Waals surface area contributed by atoms with Crippen molar-refractivity contribution in [3.8, 4) is 0 Å². The highest BCUT2D eigenvalue weighted by Crippen LogP contribution is 2.41. The minimum absolute atomic E-state index is 0.124. The predicted molar refractivity (Wildman–Crippen MR) is 76.1 cm³/mol. The van der Waals surface area contributed by atoms with E-state index in [2.05, 4.69) is 25.9 Å². The van der Waals surface area contributed by atoms with Crippen molar-refractivity contribution < 1.29 is 13.2 Å². The van der Waals surface area contributed by atoms with E-state index in [0.717, 1.165) is 12.8 Å². The Balaban J connectivity index is 1.43. The molecule has 3 heterocycles. The molecule has 0 aromatic carbocycles. The lowest BCUT2D eigenvalue weighted by molar-refractivity contribution is -0.144. The molecule has 2 aliphatic rings. The van der Waals surface area contributed by atoms with Crippen molar-refractivity contribution in [1.29, 1.82) is 0 Å². The maximum Gasteiger partial charge on any atom is 0.451 e. The molecule has 6 nitrogen and oxygen atoms in total. The number of rotatable bonds is 3. The molecular formula is C14H17F3N6. The maximum atomic E-state index is 12.6. The number of alkyl halides is 3. The fourth-order valence-electron chi connectivity index (χ4n) is 3.16. The van der Waals surface area contributed by atoms with Crippen LogP contribution in [-0.2, 0) is 6.18 Å². The summed E-state index contributed by atoms with van der Waals surface area (Å²) in [5.41, 5.74) is 1.29. The van der Waals surface area contributed by atoms with Crippen molar-refractivity contribution in [2.45, 2.75) is 43.8 Å². The highest BCUT2D eigenvalue weighted by Gasteiger charge is 2.36. The van der Waals surface area contributed by atoms with Crippen LogP contribution in [0.15, 0.2) is 12.3 Å². The second kappa shape index (κ2) is 5.24. The molecule has 1 N–H and O–H groups in total. The molecule has 124 valence electrons. The third-order valence-electron chi connectivity index (χ3n) is 4.53. The summed E-state index contributed by atoms with van der Waals surface area (Å²) >= 11 is 0. The lowest BCUT2D eigenvalue weighted by atomic mass is 10.0. The minimum atomic E-state index is -4.49. The van der Waals surface area contributed by atoms with Gasteiger partial charge in [0.2, 0.25) is 11.8 Å². The van der Waals surface area contributed by atoms with E-state index >= 15 is 0 Å². The van der Waals surface area contributed by atoms with Crippen LogP contribution < -0.4 is 4.90 Å². The SMILES string of the molecule is FC(F)(F)c1nc(N2CCC(n3nccc3C3CC3)CC2)n[nH]1. The minimum Gasteiger partial charge on any atom is -0.339 e. The van der Waals surface area contributed by atoms with Gasteiger partial charge in [0, 0.05) is 30.9 Å². The van der Waals surface area contributed by atoms with Gasteiger partial charge in [0.15, 0.2) is 0 Å². The van der Waals surface area contributed by atoms with Gasteiger partial charge in [-0.05, 0) is 31.7 Å². The second-order valence-corrected chi connectivity index (χ2v) is 6.17. The molecule has 1 saturated heterocycles. The highest BCUT2D eigenvalue weighted by molar-refractivity contribution is 5.30. The molecule has 0 atom stereocenters. The number of aromatic nitrogens is 5. The molecule has 0 bridgehead atoms. The number of nitrogens with one attached hydrogen (secondary N) is 1. The topological polar surface area (TPSA) is 62.6 Å². The summed E-state index contributed by atoms with van der Waals surface area (Å²) in [6, 6.07) is 2.38. The number of hydrogen-bond donors (Lipinski definition) is 1. The molecule has 2 aromatic heterocycles. The fourth-order valence-corrected chi connectivity index (χ4v) is 3.16. The number of nitrogens with zero attached hydrogens (tertiary/aromatic N) is 5. The van der Waals surface area contributed by atoms with Gasteiger partial charge in [-0.1, -0.05) is 0 Å². The van der Waals surface area contributed by atoms with Gasteiger partial charge in [0.25, 0.3) is 0 Å². The van der Waals surface area contributed by atoms with Crippen LogP contribution >= 0.6 is 0 Å². The predicted octanol–water partition coefficient (Wildman–Crippen LogP) is 2.74. The van der Waals surface area contributed by atoms with Gasteiger partial charge in [-0.3, -0.25) is 9.78 Å². The summed E-state index contributed by atoms with van der Waals surface area (Å²) in [5, 5.41) is 10.1. The Kier molecular flexibility index (Phi) is 3.31. The summed E-state index contributed by atoms with van der Waals surface area (Å²) in [6.45, 7) is 1.26. The molecule has 0 unspecified atom stereocenters. The maximum absolute atomic E-state index is 12.6. The first-order valence-electron chi connectivity index (χ1n) is 7.80. The van der Waals surface area contributed by atoms with Gasteiger partial charge in [-0.15, -0.1) is 5.10 Å². The smallest absolute Gasteiger partial charge is 0.339 e. The summed E-state index contributed by atoms with van der Waals surface area (Å²) in [4.78, 5) is 5.35. The summed E-state index contributed by atoms with van der Waals surface area (Å²) in [7, 11) is 0. The summed E-state index contributed by atoms with van der Waals surface area (Å²) in [6.07, 6.45) is 1.46. The average molecular weight is 326 g/mol. The van der Waals surface area contributed by atoms with Crippen LogP contribution in [0.3, 0.4) is 0 Å². The Bertz CT molecular complexity index is 679. The molecule has 4 rings (SSSR count). The fraction of sp³-hybridized carbons (Fsp3) is 0.643. The zero-order valence-electron chi connectivity index (χ0n) is 12.4. The Labute approximate surface area is 130 Å². The quantitative estimate of drug-likeness (QED) is 0.942. The third kappa shape index (κ3) is 2.79. The van der Waals surface area contributed by atoms with Gasteiger partial charge in [0.1, 0.15) is 0 Å². The molecule has 1 saturated carbocycles. The van der Waals surface area contributed by atoms with Gasteiger partial charge in [0.05, 0.1) is 6.04 Å². The van der Waals surface area contributed by atoms with E-state index < -0.39 is 12.0 Å². The first-order valence-corrected chi connectivity index (χ1v) is 7.80. The van der Waals surface area contributed by atoms with E-state index in [1.165, 1.54) is 18.5 Å². The Morgan fingerprint density at radius 2 is 1.87 bits per heavy atom. The molecule has 2 aromatic rings. The molecule has 0 spiro atoms. The van der Waals surface area contributed by atoms with Gasteiger partial charge in [-0.2, -0.15) is 23.3 Å². The number of piperidine rings is 1. The van der Waals surface area contributed by atoms with Crippen LogP contribution in [0.2, 0.25) is 0 Å². The van der Waals surface area contributed by atoms with Crippen LogP contribution in [0.4, 0.5) is 19.1 Å². The first kappa shape index (κ1) is 14.5. The zero-order chi connectivity index (χ0) is 16.0. The molecule has 0 radical (unpaired) electrons. The van der Waals surface area contributed by atoms with E-state index in [1.54, 1.807) is 4.90 Å². The van der Waals surface area contributed by atoms with Crippen molar-refractivity contribution in [1.82, 2.24) is 25.0 Å². The summed E-state index contributed by atoms with van der Waals surface area (Å²) in [5.74, 6) is -0.283. The van der Waals surface area contributed by atoms with E-state index in [-0.39, 0.29) is 5.95 Å². The van der Waals surface area contributed by atoms with Crippen LogP contribution in [0.25, 0.3) is 0 Å². The molecule has 0 amide bonds. The number of H-pyrrole nitrogens is 1. The summed E-state index contributed by atoms with van der Waals surface area (Å²) < 4.78 is 39.8. The highest BCUT2D eigenvalue weighted by atomic mass is 19.4. The number of hydrogen-bond acceptors (Lipinski definition) is 4. The lowest BCUT2D eigenvalue weighted by Crippen LogP contribution is -2.36. The van der Waals surface area contributed by atoms with Crippen LogP contribution in [-0.4, -0.2) is 38.1 Å². The normalized spacial score (nSPS) is 20.2. The number of halogens is 3. The van der Waals surface area contributed by atoms with Crippen LogP contribution in [0.1, 0.15) is 49.2 Å². The van der Waals surface area contributed by atoms with Crippen molar-refractivity contribution >= 4 is 5.95 Å². The lowest BCUT2D eigenvalue weighted by Gasteiger charge is -2.32. The van der Waals surface area contributed by atoms with Crippen molar-refractivity contribution in [2.24, 2.45) is 0 Å². The third-order valence-corrected chi connectivity index (χ3v) is 4.53. The van der Waals surface area contributed by atoms with Crippen LogP contribution in [0.5, 0.6) is 0 Å². The molecule has 1 aliphatic carbocycles. The van der Waals surface area contributed by atoms with Gasteiger partial charge < -0.3 is 4.90 Å². The zero-order valence-corrected chi connectivity index (χ0v) is 12.4. The van der Waals surface area contributed by atoms with Gasteiger partial charge >= 0.3 is 6.18 Å². The number of aromatic amines is 1. The standard InChI is InChI=1S/C14H17F3N6/c15-14(16,17)12-19-13(21-20-12)22-7-4-10(5-8-22)23-11(3-6-18-23)9-1-2-9/h3,6,9-10H,1-2,4-5,7-8H2,(H,19,20,21).